The lowest BCUT2D eigenvalue weighted by Gasteiger charge is -2.49. The van der Waals surface area contributed by atoms with Gasteiger partial charge in [0.25, 0.3) is 5.91 Å². The van der Waals surface area contributed by atoms with E-state index in [2.05, 4.69) is 4.98 Å². The first kappa shape index (κ1) is 23.8. The van der Waals surface area contributed by atoms with Gasteiger partial charge < -0.3 is 9.80 Å². The summed E-state index contributed by atoms with van der Waals surface area (Å²) in [5.41, 5.74) is 0.518. The van der Waals surface area contributed by atoms with Crippen LogP contribution in [0.2, 0.25) is 0 Å². The van der Waals surface area contributed by atoms with Crippen molar-refractivity contribution in [2.24, 2.45) is 17.8 Å². The van der Waals surface area contributed by atoms with E-state index in [-0.39, 0.29) is 43.1 Å². The highest BCUT2D eigenvalue weighted by Gasteiger charge is 2.76. The second-order valence-corrected chi connectivity index (χ2v) is 11.0. The van der Waals surface area contributed by atoms with Crippen molar-refractivity contribution >= 4 is 29.3 Å². The Bertz CT molecular complexity index is 1460. The van der Waals surface area contributed by atoms with Crippen LogP contribution in [0.1, 0.15) is 24.1 Å². The molecule has 3 aliphatic heterocycles. The Hall–Kier alpha value is -4.33. The molecule has 3 aromatic rings. The second-order valence-electron chi connectivity index (χ2n) is 11.0. The summed E-state index contributed by atoms with van der Waals surface area (Å²) >= 11 is 0. The minimum Gasteiger partial charge on any atom is -0.325 e. The number of benzene rings is 2. The first-order valence-corrected chi connectivity index (χ1v) is 13.5. The summed E-state index contributed by atoms with van der Waals surface area (Å²) in [4.78, 5) is 66.0. The zero-order valence-corrected chi connectivity index (χ0v) is 21.3. The Morgan fingerprint density at radius 1 is 0.821 bits per heavy atom. The number of aromatic nitrogens is 1. The number of imide groups is 1. The predicted molar refractivity (Wildman–Crippen MR) is 142 cm³/mol. The molecule has 4 atom stereocenters. The number of anilines is 1. The van der Waals surface area contributed by atoms with Crippen LogP contribution >= 0.6 is 0 Å². The number of carbonyl (C=O) groups excluding carboxylic acids is 4. The Labute approximate surface area is 226 Å². The standard InChI is InChI=1S/C31H28N4O4/c36-24-19-33(18-22-11-7-8-16-32-22)30(39)31(17-20-9-3-1-4-10-20)26-25(27(35(24)31)21-14-15-21)28(37)34(29(26)38)23-12-5-2-6-13-23/h1-13,16,21,25-27H,14-15,17-19H2/t25-,26-,27-,31-/m1/s1. The number of amides is 4. The van der Waals surface area contributed by atoms with E-state index >= 15 is 0 Å². The molecular formula is C31H28N4O4. The molecule has 0 bridgehead atoms. The quantitative estimate of drug-likeness (QED) is 0.467. The van der Waals surface area contributed by atoms with E-state index in [0.29, 0.717) is 11.4 Å². The monoisotopic (exact) mass is 520 g/mol. The molecule has 4 fully saturated rings. The van der Waals surface area contributed by atoms with Gasteiger partial charge >= 0.3 is 0 Å². The fraction of sp³-hybridized carbons (Fsp3) is 0.323. The normalized spacial score (nSPS) is 28.2. The summed E-state index contributed by atoms with van der Waals surface area (Å²) in [6.07, 6.45) is 3.57. The zero-order chi connectivity index (χ0) is 26.7. The molecule has 4 amide bonds. The molecule has 0 radical (unpaired) electrons. The molecule has 0 unspecified atom stereocenters. The van der Waals surface area contributed by atoms with E-state index in [4.69, 9.17) is 0 Å². The SMILES string of the molecule is O=C1[C@H]2[C@@H](C3CC3)N3C(=O)CN(Cc4ccccn4)C(=O)[C@@]3(Cc3ccccc3)[C@H]2C(=O)N1c1ccccc1. The number of fused-ring (bicyclic) bond motifs is 3. The number of rotatable bonds is 6. The molecule has 4 aliphatic rings. The minimum atomic E-state index is -1.49. The fourth-order valence-corrected chi connectivity index (χ4v) is 7.09. The molecule has 39 heavy (non-hydrogen) atoms. The topological polar surface area (TPSA) is 90.9 Å². The van der Waals surface area contributed by atoms with Crippen molar-refractivity contribution in [3.63, 3.8) is 0 Å². The zero-order valence-electron chi connectivity index (χ0n) is 21.3. The van der Waals surface area contributed by atoms with Crippen LogP contribution in [0.5, 0.6) is 0 Å². The van der Waals surface area contributed by atoms with Gasteiger partial charge in [0, 0.05) is 18.7 Å². The number of nitrogens with zero attached hydrogens (tertiary/aromatic N) is 4. The molecular weight excluding hydrogens is 492 g/mol. The highest BCUT2D eigenvalue weighted by molar-refractivity contribution is 6.25. The van der Waals surface area contributed by atoms with E-state index in [1.165, 1.54) is 9.80 Å². The van der Waals surface area contributed by atoms with Gasteiger partial charge in [-0.05, 0) is 48.6 Å². The molecule has 7 rings (SSSR count). The Balaban J connectivity index is 1.40. The third-order valence-electron chi connectivity index (χ3n) is 8.73. The number of pyridine rings is 1. The number of hydrogen-bond donors (Lipinski definition) is 0. The first-order chi connectivity index (χ1) is 19.0. The van der Waals surface area contributed by atoms with Crippen molar-refractivity contribution < 1.29 is 19.2 Å². The number of carbonyl (C=O) groups is 4. The average molecular weight is 521 g/mol. The fourth-order valence-electron chi connectivity index (χ4n) is 7.09. The summed E-state index contributed by atoms with van der Waals surface area (Å²) in [6.45, 7) is 0.0607. The third kappa shape index (κ3) is 3.54. The Morgan fingerprint density at radius 2 is 1.51 bits per heavy atom. The molecule has 1 saturated carbocycles. The summed E-state index contributed by atoms with van der Waals surface area (Å²) in [5, 5.41) is 0. The third-order valence-corrected chi connectivity index (χ3v) is 8.73. The molecule has 8 nitrogen and oxygen atoms in total. The van der Waals surface area contributed by atoms with E-state index in [9.17, 15) is 19.2 Å². The maximum atomic E-state index is 14.7. The molecule has 2 aromatic carbocycles. The lowest BCUT2D eigenvalue weighted by Crippen LogP contribution is -2.71. The molecule has 1 aliphatic carbocycles. The number of para-hydroxylation sites is 1. The molecule has 0 N–H and O–H groups in total. The highest BCUT2D eigenvalue weighted by atomic mass is 16.2. The van der Waals surface area contributed by atoms with E-state index in [0.717, 1.165) is 18.4 Å². The molecule has 1 aromatic heterocycles. The van der Waals surface area contributed by atoms with Gasteiger partial charge in [-0.1, -0.05) is 54.6 Å². The van der Waals surface area contributed by atoms with Crippen LogP contribution < -0.4 is 4.90 Å². The van der Waals surface area contributed by atoms with Crippen molar-refractivity contribution in [3.05, 3.63) is 96.3 Å². The van der Waals surface area contributed by atoms with Gasteiger partial charge in [0.2, 0.25) is 17.7 Å². The van der Waals surface area contributed by atoms with E-state index in [1.54, 1.807) is 41.4 Å². The van der Waals surface area contributed by atoms with Crippen LogP contribution in [0.15, 0.2) is 85.1 Å². The van der Waals surface area contributed by atoms with Crippen LogP contribution in [-0.2, 0) is 32.1 Å². The minimum absolute atomic E-state index is 0.0978. The van der Waals surface area contributed by atoms with Crippen LogP contribution in [0.25, 0.3) is 0 Å². The van der Waals surface area contributed by atoms with E-state index < -0.39 is 29.3 Å². The second kappa shape index (κ2) is 8.86. The predicted octanol–water partition coefficient (Wildman–Crippen LogP) is 2.83. The van der Waals surface area contributed by atoms with Crippen molar-refractivity contribution in [3.8, 4) is 0 Å². The van der Waals surface area contributed by atoms with Gasteiger partial charge in [0.15, 0.2) is 0 Å². The van der Waals surface area contributed by atoms with Gasteiger partial charge in [-0.25, -0.2) is 4.90 Å². The summed E-state index contributed by atoms with van der Waals surface area (Å²) in [7, 11) is 0. The highest BCUT2D eigenvalue weighted by Crippen LogP contribution is 2.58. The van der Waals surface area contributed by atoms with Crippen LogP contribution in [0.4, 0.5) is 5.69 Å². The maximum absolute atomic E-state index is 14.7. The van der Waals surface area contributed by atoms with Gasteiger partial charge in [0.1, 0.15) is 12.1 Å². The van der Waals surface area contributed by atoms with Crippen molar-refractivity contribution in [1.29, 1.82) is 0 Å². The Kier molecular flexibility index (Phi) is 5.40. The largest absolute Gasteiger partial charge is 0.325 e. The molecule has 3 saturated heterocycles. The molecule has 4 heterocycles. The summed E-state index contributed by atoms with van der Waals surface area (Å²) in [6, 6.07) is 23.4. The lowest BCUT2D eigenvalue weighted by molar-refractivity contribution is -0.168. The lowest BCUT2D eigenvalue weighted by atomic mass is 9.74. The summed E-state index contributed by atoms with van der Waals surface area (Å²) < 4.78 is 0. The first-order valence-electron chi connectivity index (χ1n) is 13.5. The molecule has 0 spiro atoms. The number of hydrogen-bond acceptors (Lipinski definition) is 5. The van der Waals surface area contributed by atoms with Crippen LogP contribution in [-0.4, -0.2) is 56.5 Å². The smallest absolute Gasteiger partial charge is 0.250 e. The van der Waals surface area contributed by atoms with Gasteiger partial charge in [-0.2, -0.15) is 0 Å². The van der Waals surface area contributed by atoms with Crippen LogP contribution in [0, 0.1) is 17.8 Å². The molecule has 196 valence electrons. The maximum Gasteiger partial charge on any atom is 0.250 e. The Morgan fingerprint density at radius 3 is 2.18 bits per heavy atom. The van der Waals surface area contributed by atoms with Gasteiger partial charge in [-0.3, -0.25) is 24.2 Å². The van der Waals surface area contributed by atoms with E-state index in [1.807, 2.05) is 48.5 Å². The average Bonchev–Trinajstić information content (AvgIpc) is 3.70. The van der Waals surface area contributed by atoms with Crippen LogP contribution in [0.3, 0.4) is 0 Å². The summed E-state index contributed by atoms with van der Waals surface area (Å²) in [5.74, 6) is -2.82. The van der Waals surface area contributed by atoms with Gasteiger partial charge in [-0.15, -0.1) is 0 Å². The van der Waals surface area contributed by atoms with Gasteiger partial charge in [0.05, 0.1) is 29.8 Å². The number of piperazine rings is 1. The van der Waals surface area contributed by atoms with Crippen molar-refractivity contribution in [1.82, 2.24) is 14.8 Å². The van der Waals surface area contributed by atoms with Crippen molar-refractivity contribution in [2.45, 2.75) is 37.4 Å². The van der Waals surface area contributed by atoms with Crippen molar-refractivity contribution in [2.75, 3.05) is 11.4 Å². The molecule has 8 heteroatoms.